The molecule has 0 N–H and O–H groups in total. The zero-order valence-electron chi connectivity index (χ0n) is 11.6. The lowest BCUT2D eigenvalue weighted by Gasteiger charge is -2.04. The minimum Gasteiger partial charge on any atom is -0.441 e. The third-order valence-electron chi connectivity index (χ3n) is 3.41. The van der Waals surface area contributed by atoms with E-state index in [-0.39, 0.29) is 5.56 Å². The Morgan fingerprint density at radius 2 is 2.00 bits per heavy atom. The Kier molecular flexibility index (Phi) is 2.59. The summed E-state index contributed by atoms with van der Waals surface area (Å²) in [5.41, 5.74) is 2.68. The van der Waals surface area contributed by atoms with Crippen molar-refractivity contribution in [1.29, 1.82) is 0 Å². The summed E-state index contributed by atoms with van der Waals surface area (Å²) in [6.07, 6.45) is 1.12. The molecule has 0 aliphatic carbocycles. The number of rotatable bonds is 1. The normalized spacial score (nSPS) is 11.4. The van der Waals surface area contributed by atoms with E-state index in [4.69, 9.17) is 4.42 Å². The fraction of sp³-hybridized carbons (Fsp3) is 0.0625. The van der Waals surface area contributed by atoms with Gasteiger partial charge in [-0.1, -0.05) is 6.07 Å². The van der Waals surface area contributed by atoms with Crippen molar-refractivity contribution in [2.75, 3.05) is 0 Å². The molecule has 0 aliphatic heterocycles. The van der Waals surface area contributed by atoms with Crippen molar-refractivity contribution in [3.63, 3.8) is 0 Å². The summed E-state index contributed by atoms with van der Waals surface area (Å²) in [4.78, 5) is 20.7. The molecule has 108 valence electrons. The van der Waals surface area contributed by atoms with Crippen LogP contribution in [0.4, 0.5) is 4.39 Å². The molecule has 0 amide bonds. The number of nitrogens with zero attached hydrogens (tertiary/aromatic N) is 3. The minimum absolute atomic E-state index is 0.339. The molecule has 4 aromatic rings. The number of benzene rings is 1. The Morgan fingerprint density at radius 3 is 2.86 bits per heavy atom. The number of hydrogen-bond acceptors (Lipinski definition) is 4. The van der Waals surface area contributed by atoms with Crippen molar-refractivity contribution in [2.45, 2.75) is 6.92 Å². The van der Waals surface area contributed by atoms with Gasteiger partial charge in [-0.25, -0.2) is 14.4 Å². The number of aryl methyl sites for hydroxylation is 1. The Balaban J connectivity index is 1.95. The summed E-state index contributed by atoms with van der Waals surface area (Å²) >= 11 is 0. The molecular weight excluding hydrogens is 285 g/mol. The molecule has 6 heteroatoms. The molecule has 0 radical (unpaired) electrons. The second-order valence-electron chi connectivity index (χ2n) is 4.97. The quantitative estimate of drug-likeness (QED) is 0.541. The van der Waals surface area contributed by atoms with E-state index in [9.17, 15) is 9.18 Å². The highest BCUT2D eigenvalue weighted by molar-refractivity contribution is 5.79. The van der Waals surface area contributed by atoms with Crippen molar-refractivity contribution >= 4 is 16.7 Å². The summed E-state index contributed by atoms with van der Waals surface area (Å²) in [5.74, 6) is 0.0943. The molecule has 4 rings (SSSR count). The molecule has 0 bridgehead atoms. The molecule has 0 spiro atoms. The third-order valence-corrected chi connectivity index (χ3v) is 3.41. The Bertz CT molecular complexity index is 1080. The van der Waals surface area contributed by atoms with Crippen LogP contribution in [0.2, 0.25) is 0 Å². The summed E-state index contributed by atoms with van der Waals surface area (Å²) in [7, 11) is 0. The van der Waals surface area contributed by atoms with Crippen LogP contribution < -0.4 is 5.56 Å². The van der Waals surface area contributed by atoms with Crippen LogP contribution in [-0.4, -0.2) is 14.4 Å². The fourth-order valence-electron chi connectivity index (χ4n) is 2.42. The third kappa shape index (κ3) is 1.96. The fourth-order valence-corrected chi connectivity index (χ4v) is 2.42. The molecule has 0 fully saturated rings. The van der Waals surface area contributed by atoms with Gasteiger partial charge in [-0.2, -0.15) is 0 Å². The lowest BCUT2D eigenvalue weighted by molar-refractivity contribution is 0.561. The van der Waals surface area contributed by atoms with Gasteiger partial charge < -0.3 is 4.42 Å². The average Bonchev–Trinajstić information content (AvgIpc) is 2.87. The van der Waals surface area contributed by atoms with Gasteiger partial charge in [0.1, 0.15) is 17.0 Å². The molecule has 22 heavy (non-hydrogen) atoms. The monoisotopic (exact) mass is 295 g/mol. The van der Waals surface area contributed by atoms with Crippen LogP contribution in [-0.2, 0) is 0 Å². The van der Waals surface area contributed by atoms with Crippen LogP contribution in [0.5, 0.6) is 0 Å². The molecular formula is C16H10FN3O2. The predicted molar refractivity (Wildman–Crippen MR) is 79.2 cm³/mol. The van der Waals surface area contributed by atoms with Gasteiger partial charge in [0.2, 0.25) is 0 Å². The highest BCUT2D eigenvalue weighted by Crippen LogP contribution is 2.23. The average molecular weight is 295 g/mol. The van der Waals surface area contributed by atoms with E-state index < -0.39 is 5.82 Å². The highest BCUT2D eigenvalue weighted by atomic mass is 19.1. The first-order valence-electron chi connectivity index (χ1n) is 6.67. The van der Waals surface area contributed by atoms with Crippen LogP contribution in [0, 0.1) is 12.7 Å². The standard InChI is InChI=1S/C16H10FN3O2/c1-9-18-12-4-2-10(6-14(12)22-9)13-7-16(21)20-8-11(17)3-5-15(20)19-13/h2-8H,1H3. The van der Waals surface area contributed by atoms with E-state index in [1.165, 1.54) is 22.6 Å². The topological polar surface area (TPSA) is 60.4 Å². The largest absolute Gasteiger partial charge is 0.441 e. The first kappa shape index (κ1) is 12.7. The van der Waals surface area contributed by atoms with Crippen LogP contribution in [0.1, 0.15) is 5.89 Å². The predicted octanol–water partition coefficient (Wildman–Crippen LogP) is 2.95. The zero-order chi connectivity index (χ0) is 15.3. The molecule has 0 saturated carbocycles. The van der Waals surface area contributed by atoms with Gasteiger partial charge in [0.05, 0.1) is 5.69 Å². The van der Waals surface area contributed by atoms with Gasteiger partial charge in [-0.05, 0) is 24.3 Å². The van der Waals surface area contributed by atoms with E-state index in [0.717, 1.165) is 17.3 Å². The smallest absolute Gasteiger partial charge is 0.258 e. The van der Waals surface area contributed by atoms with Gasteiger partial charge in [0, 0.05) is 24.8 Å². The van der Waals surface area contributed by atoms with Crippen LogP contribution in [0.25, 0.3) is 28.0 Å². The number of pyridine rings is 1. The first-order chi connectivity index (χ1) is 10.6. The first-order valence-corrected chi connectivity index (χ1v) is 6.67. The van der Waals surface area contributed by atoms with E-state index in [1.54, 1.807) is 13.0 Å². The van der Waals surface area contributed by atoms with Crippen molar-refractivity contribution in [2.24, 2.45) is 0 Å². The molecule has 0 aliphatic rings. The molecule has 3 aromatic heterocycles. The number of fused-ring (bicyclic) bond motifs is 2. The SMILES string of the molecule is Cc1nc2ccc(-c3cc(=O)n4cc(F)ccc4n3)cc2o1. The minimum atomic E-state index is -0.484. The van der Waals surface area contributed by atoms with Crippen molar-refractivity contribution in [3.8, 4) is 11.3 Å². The Labute approximate surface area is 123 Å². The second kappa shape index (κ2) is 4.49. The molecule has 3 heterocycles. The maximum Gasteiger partial charge on any atom is 0.258 e. The van der Waals surface area contributed by atoms with Gasteiger partial charge in [0.25, 0.3) is 5.56 Å². The van der Waals surface area contributed by atoms with Crippen molar-refractivity contribution in [3.05, 3.63) is 64.7 Å². The van der Waals surface area contributed by atoms with Gasteiger partial charge >= 0.3 is 0 Å². The molecule has 0 atom stereocenters. The van der Waals surface area contributed by atoms with E-state index in [1.807, 2.05) is 12.1 Å². The molecule has 0 saturated heterocycles. The van der Waals surface area contributed by atoms with Gasteiger partial charge in [-0.3, -0.25) is 9.20 Å². The summed E-state index contributed by atoms with van der Waals surface area (Å²) in [5, 5.41) is 0. The van der Waals surface area contributed by atoms with Crippen LogP contribution in [0.15, 0.2) is 51.8 Å². The maximum absolute atomic E-state index is 13.2. The lowest BCUT2D eigenvalue weighted by Crippen LogP contribution is -2.14. The number of aromatic nitrogens is 3. The number of hydrogen-bond donors (Lipinski definition) is 0. The number of halogens is 1. The lowest BCUT2D eigenvalue weighted by atomic mass is 10.1. The molecule has 1 aromatic carbocycles. The Morgan fingerprint density at radius 1 is 1.14 bits per heavy atom. The number of oxazole rings is 1. The highest BCUT2D eigenvalue weighted by Gasteiger charge is 2.08. The zero-order valence-corrected chi connectivity index (χ0v) is 11.6. The summed E-state index contributed by atoms with van der Waals surface area (Å²) < 4.78 is 19.9. The molecule has 5 nitrogen and oxygen atoms in total. The second-order valence-corrected chi connectivity index (χ2v) is 4.97. The van der Waals surface area contributed by atoms with Crippen LogP contribution >= 0.6 is 0 Å². The maximum atomic E-state index is 13.2. The van der Waals surface area contributed by atoms with E-state index in [2.05, 4.69) is 9.97 Å². The van der Waals surface area contributed by atoms with Crippen molar-refractivity contribution < 1.29 is 8.81 Å². The van der Waals surface area contributed by atoms with E-state index >= 15 is 0 Å². The van der Waals surface area contributed by atoms with Crippen molar-refractivity contribution in [1.82, 2.24) is 14.4 Å². The summed E-state index contributed by atoms with van der Waals surface area (Å²) in [6, 6.07) is 9.54. The van der Waals surface area contributed by atoms with Gasteiger partial charge in [0.15, 0.2) is 11.5 Å². The van der Waals surface area contributed by atoms with E-state index in [0.29, 0.717) is 22.8 Å². The van der Waals surface area contributed by atoms with Gasteiger partial charge in [-0.15, -0.1) is 0 Å². The molecule has 0 unspecified atom stereocenters. The Hall–Kier alpha value is -3.02. The van der Waals surface area contributed by atoms with Crippen LogP contribution in [0.3, 0.4) is 0 Å². The summed E-state index contributed by atoms with van der Waals surface area (Å²) in [6.45, 7) is 1.77.